The molecule has 4 rings (SSSR count). The van der Waals surface area contributed by atoms with E-state index in [0.717, 1.165) is 16.2 Å². The van der Waals surface area contributed by atoms with Crippen molar-refractivity contribution in [3.8, 4) is 0 Å². The molecule has 2 aromatic carbocycles. The van der Waals surface area contributed by atoms with E-state index in [4.69, 9.17) is 9.84 Å². The number of aliphatic carboxylic acids is 1. The Morgan fingerprint density at radius 3 is 2.80 bits per heavy atom. The van der Waals surface area contributed by atoms with Crippen LogP contribution in [0.1, 0.15) is 17.5 Å². The lowest BCUT2D eigenvalue weighted by Crippen LogP contribution is -2.27. The summed E-state index contributed by atoms with van der Waals surface area (Å²) in [7, 11) is 0. The van der Waals surface area contributed by atoms with Gasteiger partial charge in [-0.1, -0.05) is 35.4 Å². The Hall–Kier alpha value is -3.20. The Bertz CT molecular complexity index is 1040. The van der Waals surface area contributed by atoms with Crippen LogP contribution in [-0.4, -0.2) is 40.6 Å². The Morgan fingerprint density at radius 2 is 2.03 bits per heavy atom. The maximum absolute atomic E-state index is 13.9. The van der Waals surface area contributed by atoms with Crippen molar-refractivity contribution in [3.63, 3.8) is 0 Å². The lowest BCUT2D eigenvalue weighted by molar-refractivity contribution is -0.141. The number of ether oxygens (including phenoxy) is 1. The number of hydrogen-bond donors (Lipinski definition) is 2. The Morgan fingerprint density at radius 1 is 1.23 bits per heavy atom. The van der Waals surface area contributed by atoms with Gasteiger partial charge in [0.2, 0.25) is 0 Å². The largest absolute Gasteiger partial charge is 0.481 e. The zero-order valence-electron chi connectivity index (χ0n) is 15.7. The summed E-state index contributed by atoms with van der Waals surface area (Å²) in [5.74, 6) is -1.39. The van der Waals surface area contributed by atoms with Gasteiger partial charge in [-0.3, -0.25) is 14.9 Å². The molecule has 0 bridgehead atoms. The van der Waals surface area contributed by atoms with Gasteiger partial charge in [-0.05, 0) is 30.2 Å². The van der Waals surface area contributed by atoms with Crippen molar-refractivity contribution in [3.05, 3.63) is 65.5 Å². The first kappa shape index (κ1) is 20.1. The Labute approximate surface area is 176 Å². The second kappa shape index (κ2) is 8.66. The normalized spacial score (nSPS) is 23.2. The van der Waals surface area contributed by atoms with E-state index in [0.29, 0.717) is 17.7 Å². The quantitative estimate of drug-likeness (QED) is 0.715. The summed E-state index contributed by atoms with van der Waals surface area (Å²) in [6.45, 7) is 0. The average Bonchev–Trinajstić information content (AvgIpc) is 3.06. The molecule has 1 saturated heterocycles. The standard InChI is InChI=1S/C21H18FN3O4S/c22-14-6-7-17-15(9-14)19(13(11-30-17)8-12-4-2-1-3-5-12)24-25-21-23-20(28)16(29-21)10-18(26)27/h1-7,9,13,16H,8,10-11H2,(H,26,27)(H,23,25,28). The molecule has 9 heteroatoms. The van der Waals surface area contributed by atoms with Crippen LogP contribution in [0.25, 0.3) is 0 Å². The minimum atomic E-state index is -1.15. The SMILES string of the molecule is O=C(O)CC1OC(=NN=C2c3cc(F)ccc3SCC2Cc2ccccc2)NC1=O. The fraction of sp³-hybridized carbons (Fsp3) is 0.238. The molecule has 1 fully saturated rings. The molecule has 0 aliphatic carbocycles. The molecule has 30 heavy (non-hydrogen) atoms. The van der Waals surface area contributed by atoms with Crippen LogP contribution >= 0.6 is 11.8 Å². The molecule has 2 aromatic rings. The first-order chi connectivity index (χ1) is 14.5. The van der Waals surface area contributed by atoms with Crippen LogP contribution in [0.5, 0.6) is 0 Å². The first-order valence-corrected chi connectivity index (χ1v) is 10.3. The molecule has 2 unspecified atom stereocenters. The minimum absolute atomic E-state index is 0.0250. The number of amides is 1. The van der Waals surface area contributed by atoms with E-state index >= 15 is 0 Å². The molecule has 2 heterocycles. The van der Waals surface area contributed by atoms with Gasteiger partial charge in [-0.15, -0.1) is 16.9 Å². The van der Waals surface area contributed by atoms with E-state index in [9.17, 15) is 14.0 Å². The number of carbonyl (C=O) groups excluding carboxylic acids is 1. The molecule has 2 aliphatic rings. The second-order valence-corrected chi connectivity index (χ2v) is 7.98. The van der Waals surface area contributed by atoms with Crippen molar-refractivity contribution < 1.29 is 23.8 Å². The highest BCUT2D eigenvalue weighted by Gasteiger charge is 2.33. The number of amidine groups is 1. The molecule has 154 valence electrons. The van der Waals surface area contributed by atoms with Gasteiger partial charge in [-0.2, -0.15) is 0 Å². The third-order valence-corrected chi connectivity index (χ3v) is 5.99. The summed E-state index contributed by atoms with van der Waals surface area (Å²) in [6.07, 6.45) is -0.918. The third-order valence-electron chi connectivity index (χ3n) is 4.75. The van der Waals surface area contributed by atoms with Crippen molar-refractivity contribution in [2.45, 2.75) is 23.8 Å². The van der Waals surface area contributed by atoms with Crippen LogP contribution < -0.4 is 5.32 Å². The molecule has 0 radical (unpaired) electrons. The molecule has 2 atom stereocenters. The minimum Gasteiger partial charge on any atom is -0.481 e. The number of hydrogen-bond acceptors (Lipinski definition) is 6. The molecule has 0 spiro atoms. The van der Waals surface area contributed by atoms with Crippen molar-refractivity contribution in [1.82, 2.24) is 5.32 Å². The average molecular weight is 427 g/mol. The summed E-state index contributed by atoms with van der Waals surface area (Å²) >= 11 is 1.63. The van der Waals surface area contributed by atoms with Gasteiger partial charge < -0.3 is 9.84 Å². The molecule has 0 aromatic heterocycles. The van der Waals surface area contributed by atoms with Crippen molar-refractivity contribution in [1.29, 1.82) is 0 Å². The number of nitrogens with zero attached hydrogens (tertiary/aromatic N) is 2. The smallest absolute Gasteiger partial charge is 0.316 e. The Balaban J connectivity index is 1.65. The van der Waals surface area contributed by atoms with E-state index in [1.54, 1.807) is 17.8 Å². The fourth-order valence-electron chi connectivity index (χ4n) is 3.35. The summed E-state index contributed by atoms with van der Waals surface area (Å²) in [5.41, 5.74) is 2.37. The maximum Gasteiger partial charge on any atom is 0.316 e. The highest BCUT2D eigenvalue weighted by molar-refractivity contribution is 7.99. The van der Waals surface area contributed by atoms with Crippen LogP contribution in [0.4, 0.5) is 4.39 Å². The van der Waals surface area contributed by atoms with Crippen LogP contribution in [0, 0.1) is 11.7 Å². The molecule has 0 saturated carbocycles. The lowest BCUT2D eigenvalue weighted by atomic mass is 9.91. The van der Waals surface area contributed by atoms with Crippen LogP contribution in [0.2, 0.25) is 0 Å². The number of carboxylic acids is 1. The fourth-order valence-corrected chi connectivity index (χ4v) is 4.49. The van der Waals surface area contributed by atoms with Crippen molar-refractivity contribution in [2.24, 2.45) is 16.1 Å². The van der Waals surface area contributed by atoms with E-state index in [1.165, 1.54) is 12.1 Å². The van der Waals surface area contributed by atoms with Gasteiger partial charge in [0.25, 0.3) is 5.91 Å². The third kappa shape index (κ3) is 4.51. The first-order valence-electron chi connectivity index (χ1n) is 9.31. The number of thioether (sulfide) groups is 1. The molecule has 2 N–H and O–H groups in total. The number of nitrogens with one attached hydrogen (secondary N) is 1. The predicted octanol–water partition coefficient (Wildman–Crippen LogP) is 2.84. The zero-order chi connectivity index (χ0) is 21.1. The number of rotatable bonds is 5. The summed E-state index contributed by atoms with van der Waals surface area (Å²) in [4.78, 5) is 23.6. The van der Waals surface area contributed by atoms with Crippen molar-refractivity contribution in [2.75, 3.05) is 5.75 Å². The molecule has 2 aliphatic heterocycles. The van der Waals surface area contributed by atoms with E-state index < -0.39 is 24.4 Å². The molecule has 1 amide bonds. The number of benzene rings is 2. The molecule has 7 nitrogen and oxygen atoms in total. The Kier molecular flexibility index (Phi) is 5.80. The van der Waals surface area contributed by atoms with Crippen LogP contribution in [-0.2, 0) is 20.7 Å². The number of carbonyl (C=O) groups is 2. The van der Waals surface area contributed by atoms with E-state index in [1.807, 2.05) is 30.3 Å². The van der Waals surface area contributed by atoms with Gasteiger partial charge in [0.1, 0.15) is 5.82 Å². The second-order valence-electron chi connectivity index (χ2n) is 6.92. The summed E-state index contributed by atoms with van der Waals surface area (Å²) in [6, 6.07) is 14.3. The molecular weight excluding hydrogens is 409 g/mol. The van der Waals surface area contributed by atoms with E-state index in [-0.39, 0.29) is 17.8 Å². The van der Waals surface area contributed by atoms with E-state index in [2.05, 4.69) is 15.5 Å². The maximum atomic E-state index is 13.9. The van der Waals surface area contributed by atoms with Gasteiger partial charge in [0.15, 0.2) is 6.10 Å². The monoisotopic (exact) mass is 427 g/mol. The predicted molar refractivity (Wildman–Crippen MR) is 110 cm³/mol. The summed E-state index contributed by atoms with van der Waals surface area (Å²) in [5, 5.41) is 19.6. The highest BCUT2D eigenvalue weighted by atomic mass is 32.2. The topological polar surface area (TPSA) is 100 Å². The number of halogens is 1. The lowest BCUT2D eigenvalue weighted by Gasteiger charge is -2.25. The summed E-state index contributed by atoms with van der Waals surface area (Å²) < 4.78 is 19.2. The van der Waals surface area contributed by atoms with Gasteiger partial charge in [0, 0.05) is 22.1 Å². The van der Waals surface area contributed by atoms with Crippen LogP contribution in [0.3, 0.4) is 0 Å². The van der Waals surface area contributed by atoms with Gasteiger partial charge in [0.05, 0.1) is 12.1 Å². The highest BCUT2D eigenvalue weighted by Crippen LogP contribution is 2.35. The zero-order valence-corrected chi connectivity index (χ0v) is 16.6. The van der Waals surface area contributed by atoms with Gasteiger partial charge >= 0.3 is 12.0 Å². The molecular formula is C21H18FN3O4S. The number of fused-ring (bicyclic) bond motifs is 1. The number of carboxylic acid groups (broad SMARTS) is 1. The van der Waals surface area contributed by atoms with Crippen molar-refractivity contribution >= 4 is 35.4 Å². The van der Waals surface area contributed by atoms with Gasteiger partial charge in [-0.25, -0.2) is 4.39 Å². The van der Waals surface area contributed by atoms with Crippen LogP contribution in [0.15, 0.2) is 63.6 Å².